The van der Waals surface area contributed by atoms with Crippen molar-refractivity contribution in [2.24, 2.45) is 0 Å². The van der Waals surface area contributed by atoms with Crippen molar-refractivity contribution in [2.45, 2.75) is 41.3 Å². The van der Waals surface area contributed by atoms with Crippen molar-refractivity contribution in [1.29, 1.82) is 0 Å². The van der Waals surface area contributed by atoms with Crippen molar-refractivity contribution in [2.75, 3.05) is 0 Å². The molecular weight excluding hydrogens is 342 g/mol. The largest absolute Gasteiger partial charge is 0.453 e. The average Bonchev–Trinajstić information content (AvgIpc) is 2.97. The van der Waals surface area contributed by atoms with E-state index >= 15 is 0 Å². The lowest BCUT2D eigenvalue weighted by Crippen LogP contribution is -2.45. The summed E-state index contributed by atoms with van der Waals surface area (Å²) in [6, 6.07) is 0. The molecule has 1 N–H and O–H groups in total. The molecule has 9 nitrogen and oxygen atoms in total. The molecule has 0 aromatic heterocycles. The van der Waals surface area contributed by atoms with Gasteiger partial charge in [0.1, 0.15) is 30.4 Å². The third-order valence-electron chi connectivity index (χ3n) is 3.42. The van der Waals surface area contributed by atoms with Gasteiger partial charge in [0, 0.05) is 6.42 Å². The number of carbonyl (C=O) groups excluding carboxylic acids is 1. The summed E-state index contributed by atoms with van der Waals surface area (Å²) < 4.78 is 68.1. The van der Waals surface area contributed by atoms with Crippen LogP contribution >= 0.6 is 12.0 Å². The molecule has 0 aliphatic carbocycles. The lowest BCUT2D eigenvalue weighted by molar-refractivity contribution is -0.433. The van der Waals surface area contributed by atoms with E-state index < -0.39 is 63.1 Å². The fourth-order valence-electron chi connectivity index (χ4n) is 2.69. The highest BCUT2D eigenvalue weighted by Gasteiger charge is 2.68. The van der Waals surface area contributed by atoms with Gasteiger partial charge in [-0.1, -0.05) is 5.04 Å². The van der Waals surface area contributed by atoms with Crippen LogP contribution in [0.25, 0.3) is 0 Å². The van der Waals surface area contributed by atoms with Gasteiger partial charge in [-0.15, -0.1) is 4.33 Å². The van der Waals surface area contributed by atoms with Gasteiger partial charge in [-0.3, -0.25) is 4.18 Å². The summed E-state index contributed by atoms with van der Waals surface area (Å²) in [7, 11) is -4.04. The molecule has 0 radical (unpaired) electrons. The van der Waals surface area contributed by atoms with Crippen LogP contribution < -0.4 is 0 Å². The molecule has 120 valence electrons. The normalized spacial score (nSPS) is 39.7. The highest BCUT2D eigenvalue weighted by atomic mass is 32.2. The number of esters is 1. The Hall–Kier alpha value is -0.570. The van der Waals surface area contributed by atoms with Gasteiger partial charge in [0.2, 0.25) is 0 Å². The zero-order valence-corrected chi connectivity index (χ0v) is 11.5. The van der Waals surface area contributed by atoms with Crippen LogP contribution in [0.3, 0.4) is 0 Å². The Labute approximate surface area is 120 Å². The molecule has 5 atom stereocenters. The molecule has 3 heterocycles. The molecule has 3 rings (SSSR count). The van der Waals surface area contributed by atoms with Gasteiger partial charge in [-0.05, 0) is 0 Å². The van der Waals surface area contributed by atoms with Crippen LogP contribution in [0.2, 0.25) is 0 Å². The second-order valence-electron chi connectivity index (χ2n) is 4.58. The summed E-state index contributed by atoms with van der Waals surface area (Å²) in [5.74, 6) is -2.04. The van der Waals surface area contributed by atoms with Crippen molar-refractivity contribution >= 4 is 28.1 Å². The van der Waals surface area contributed by atoms with Crippen LogP contribution in [0, 0.1) is 0 Å². The van der Waals surface area contributed by atoms with E-state index in [2.05, 4.69) is 14.1 Å². The monoisotopic (exact) mass is 350 g/mol. The summed E-state index contributed by atoms with van der Waals surface area (Å²) in [6.45, 7) is 0. The van der Waals surface area contributed by atoms with Crippen LogP contribution in [-0.4, -0.2) is 54.6 Å². The first-order valence-corrected chi connectivity index (χ1v) is 7.80. The van der Waals surface area contributed by atoms with E-state index in [0.717, 1.165) is 0 Å². The molecule has 21 heavy (non-hydrogen) atoms. The summed E-state index contributed by atoms with van der Waals surface area (Å²) in [5, 5.41) is 5.24. The topological polar surface area (TPSA) is 118 Å². The first kappa shape index (κ1) is 15.3. The maximum absolute atomic E-state index is 13.3. The van der Waals surface area contributed by atoms with Crippen LogP contribution in [0.5, 0.6) is 0 Å². The first-order chi connectivity index (χ1) is 9.76. The molecule has 0 saturated carbocycles. The first-order valence-electron chi connectivity index (χ1n) is 5.58. The Kier molecular flexibility index (Phi) is 3.63. The molecule has 3 saturated heterocycles. The molecule has 0 aromatic carbocycles. The Morgan fingerprint density at radius 2 is 2.10 bits per heavy atom. The van der Waals surface area contributed by atoms with Gasteiger partial charge >= 0.3 is 11.2 Å². The van der Waals surface area contributed by atoms with E-state index in [4.69, 9.17) is 14.2 Å². The van der Waals surface area contributed by atoms with E-state index in [0.29, 0.717) is 0 Å². The SMILES string of the molecule is O=C(OC1C2CC3OS(=O)(=O)C1C3O2)C(F)(F)SOOO. The van der Waals surface area contributed by atoms with Gasteiger partial charge in [-0.25, -0.2) is 10.1 Å². The van der Waals surface area contributed by atoms with Crippen LogP contribution in [-0.2, 0) is 37.9 Å². The average molecular weight is 350 g/mol. The standard InChI is InChI=1S/C8H8F2O9S2/c9-8(10,20-19-18-12)7(11)16-4-2-1-3-5(15-2)6(4)21(13,14)17-3/h2-6,12H,1H2. The Morgan fingerprint density at radius 1 is 1.38 bits per heavy atom. The minimum absolute atomic E-state index is 0.132. The number of rotatable bonds is 5. The smallest absolute Gasteiger partial charge is 0.415 e. The number of carbonyl (C=O) groups is 1. The van der Waals surface area contributed by atoms with E-state index in [1.165, 1.54) is 0 Å². The Bertz CT molecular complexity index is 550. The van der Waals surface area contributed by atoms with Crippen LogP contribution in [0.15, 0.2) is 0 Å². The van der Waals surface area contributed by atoms with Crippen molar-refractivity contribution in [1.82, 2.24) is 0 Å². The number of ether oxygens (including phenoxy) is 2. The zero-order chi connectivity index (χ0) is 15.4. The molecular formula is C8H8F2O9S2. The quantitative estimate of drug-likeness (QED) is 0.235. The Morgan fingerprint density at radius 3 is 2.76 bits per heavy atom. The van der Waals surface area contributed by atoms with Gasteiger partial charge in [0.25, 0.3) is 10.1 Å². The predicted molar refractivity (Wildman–Crippen MR) is 58.1 cm³/mol. The molecule has 13 heteroatoms. The number of alkyl halides is 2. The third kappa shape index (κ3) is 2.42. The molecule has 5 unspecified atom stereocenters. The maximum Gasteiger partial charge on any atom is 0.415 e. The Balaban J connectivity index is 1.73. The fraction of sp³-hybridized carbons (Fsp3) is 0.875. The number of halogens is 2. The maximum atomic E-state index is 13.3. The van der Waals surface area contributed by atoms with Crippen LogP contribution in [0.4, 0.5) is 8.78 Å². The molecule has 3 aliphatic heterocycles. The van der Waals surface area contributed by atoms with E-state index in [1.54, 1.807) is 0 Å². The number of hydrogen-bond acceptors (Lipinski definition) is 10. The van der Waals surface area contributed by atoms with Crippen molar-refractivity contribution < 1.29 is 50.3 Å². The molecule has 0 spiro atoms. The molecule has 0 aromatic rings. The number of fused-ring (bicyclic) bond motifs is 1. The lowest BCUT2D eigenvalue weighted by atomic mass is 9.95. The van der Waals surface area contributed by atoms with Gasteiger partial charge in [0.05, 0.1) is 6.10 Å². The highest BCUT2D eigenvalue weighted by molar-refractivity contribution is 7.96. The molecule has 3 aliphatic rings. The van der Waals surface area contributed by atoms with Gasteiger partial charge < -0.3 is 9.47 Å². The summed E-state index contributed by atoms with van der Waals surface area (Å²) in [6.07, 6.45) is -3.56. The van der Waals surface area contributed by atoms with Crippen molar-refractivity contribution in [3.63, 3.8) is 0 Å². The van der Waals surface area contributed by atoms with E-state index in [-0.39, 0.29) is 6.42 Å². The molecule has 0 amide bonds. The molecule has 3 fully saturated rings. The van der Waals surface area contributed by atoms with E-state index in [9.17, 15) is 22.0 Å². The van der Waals surface area contributed by atoms with Crippen molar-refractivity contribution in [3.8, 4) is 0 Å². The van der Waals surface area contributed by atoms with Crippen LogP contribution in [0.1, 0.15) is 6.42 Å². The minimum Gasteiger partial charge on any atom is -0.453 e. The zero-order valence-electron chi connectivity index (χ0n) is 9.88. The summed E-state index contributed by atoms with van der Waals surface area (Å²) >= 11 is -0.792. The second-order valence-corrected chi connectivity index (χ2v) is 7.12. The second kappa shape index (κ2) is 4.97. The summed E-state index contributed by atoms with van der Waals surface area (Å²) in [4.78, 5) is 11.4. The van der Waals surface area contributed by atoms with E-state index in [1.807, 2.05) is 0 Å². The third-order valence-corrected chi connectivity index (χ3v) is 5.64. The highest BCUT2D eigenvalue weighted by Crippen LogP contribution is 2.48. The minimum atomic E-state index is -4.20. The predicted octanol–water partition coefficient (Wildman–Crippen LogP) is -0.171. The molecule has 2 bridgehead atoms. The fourth-order valence-corrected chi connectivity index (χ4v) is 4.71. The number of hydrogen-bond donors (Lipinski definition) is 1. The summed E-state index contributed by atoms with van der Waals surface area (Å²) in [5.41, 5.74) is 0. The lowest BCUT2D eigenvalue weighted by Gasteiger charge is -2.23. The van der Waals surface area contributed by atoms with Crippen molar-refractivity contribution in [3.05, 3.63) is 0 Å². The van der Waals surface area contributed by atoms with Gasteiger partial charge in [-0.2, -0.15) is 17.2 Å². The van der Waals surface area contributed by atoms with Gasteiger partial charge in [0.15, 0.2) is 5.25 Å².